The second kappa shape index (κ2) is 5.99. The Balaban J connectivity index is 3.24. The van der Waals surface area contributed by atoms with Crippen molar-refractivity contribution in [1.82, 2.24) is 10.4 Å². The Morgan fingerprint density at radius 3 is 1.79 bits per heavy atom. The molecule has 1 rings (SSSR count). The first-order valence-corrected chi connectivity index (χ1v) is 6.28. The Hall–Kier alpha value is -1.65. The number of hydrogen-bond donors (Lipinski definition) is 2. The first-order chi connectivity index (χ1) is 9.03. The van der Waals surface area contributed by atoms with Crippen LogP contribution in [0, 0.1) is 0 Å². The van der Waals surface area contributed by atoms with Crippen molar-refractivity contribution in [2.75, 3.05) is 0 Å². The maximum atomic E-state index is 12.4. The minimum Gasteiger partial charge on any atom is -0.334 e. The average Bonchev–Trinajstić information content (AvgIpc) is 2.54. The summed E-state index contributed by atoms with van der Waals surface area (Å²) in [4.78, 5) is 12.4. The van der Waals surface area contributed by atoms with E-state index in [9.17, 15) is 10.0 Å². The molecule has 104 valence electrons. The van der Waals surface area contributed by atoms with E-state index in [0.29, 0.717) is 25.7 Å². The van der Waals surface area contributed by atoms with Gasteiger partial charge in [0.25, 0.3) is 0 Å². The highest BCUT2D eigenvalue weighted by Crippen LogP contribution is 2.39. The summed E-state index contributed by atoms with van der Waals surface area (Å²) in [5.41, 5.74) is -1.93. The molecule has 2 N–H and O–H groups in total. The first-order valence-electron chi connectivity index (χ1n) is 6.28. The smallest absolute Gasteiger partial charge is 0.245 e. The van der Waals surface area contributed by atoms with Crippen LogP contribution >= 0.6 is 0 Å². The van der Waals surface area contributed by atoms with Gasteiger partial charge in [0.1, 0.15) is 11.2 Å². The molecule has 1 aliphatic heterocycles. The van der Waals surface area contributed by atoms with Crippen LogP contribution in [0.1, 0.15) is 25.7 Å². The Bertz CT molecular complexity index is 381. The van der Waals surface area contributed by atoms with Crippen molar-refractivity contribution in [3.05, 3.63) is 50.6 Å². The number of nitrogens with zero attached hydrogens (tertiary/aromatic N) is 1. The van der Waals surface area contributed by atoms with E-state index in [1.807, 2.05) is 0 Å². The van der Waals surface area contributed by atoms with Crippen LogP contribution in [-0.2, 0) is 4.79 Å². The number of nitrogens with one attached hydrogen (secondary N) is 1. The Labute approximate surface area is 114 Å². The normalized spacial score (nSPS) is 20.6. The predicted octanol–water partition coefficient (Wildman–Crippen LogP) is 2.55. The lowest BCUT2D eigenvalue weighted by atomic mass is 9.90. The number of rotatable bonds is 8. The number of carbonyl (C=O) groups is 1. The van der Waals surface area contributed by atoms with E-state index in [1.165, 1.54) is 0 Å². The van der Waals surface area contributed by atoms with Crippen LogP contribution in [0.25, 0.3) is 0 Å². The summed E-state index contributed by atoms with van der Waals surface area (Å²) in [5.74, 6) is -0.224. The second-order valence-electron chi connectivity index (χ2n) is 4.80. The zero-order chi connectivity index (χ0) is 14.5. The zero-order valence-electron chi connectivity index (χ0n) is 11.3. The van der Waals surface area contributed by atoms with Gasteiger partial charge in [0.15, 0.2) is 0 Å². The summed E-state index contributed by atoms with van der Waals surface area (Å²) >= 11 is 0. The van der Waals surface area contributed by atoms with Gasteiger partial charge in [-0.2, -0.15) is 0 Å². The lowest BCUT2D eigenvalue weighted by molar-refractivity contribution is -0.211. The molecular weight excluding hydrogens is 240 g/mol. The maximum Gasteiger partial charge on any atom is 0.245 e. The quantitative estimate of drug-likeness (QED) is 0.661. The fraction of sp³-hybridized carbons (Fsp3) is 0.400. The molecule has 0 spiro atoms. The van der Waals surface area contributed by atoms with Gasteiger partial charge in [-0.05, 0) is 12.8 Å². The summed E-state index contributed by atoms with van der Waals surface area (Å²) in [6.45, 7) is 14.7. The Morgan fingerprint density at radius 2 is 1.42 bits per heavy atom. The van der Waals surface area contributed by atoms with Gasteiger partial charge in [-0.1, -0.05) is 24.3 Å². The van der Waals surface area contributed by atoms with E-state index in [1.54, 1.807) is 24.3 Å². The van der Waals surface area contributed by atoms with Crippen molar-refractivity contribution in [1.29, 1.82) is 0 Å². The molecule has 0 radical (unpaired) electrons. The third kappa shape index (κ3) is 2.41. The molecule has 0 aromatic heterocycles. The van der Waals surface area contributed by atoms with Crippen LogP contribution in [0.4, 0.5) is 0 Å². The van der Waals surface area contributed by atoms with Gasteiger partial charge in [-0.15, -0.1) is 31.4 Å². The molecule has 0 aromatic rings. The summed E-state index contributed by atoms with van der Waals surface area (Å²) in [6.07, 6.45) is 8.15. The van der Waals surface area contributed by atoms with Gasteiger partial charge in [0.05, 0.1) is 0 Å². The second-order valence-corrected chi connectivity index (χ2v) is 4.80. The molecule has 1 aliphatic rings. The van der Waals surface area contributed by atoms with Gasteiger partial charge in [0.2, 0.25) is 5.91 Å². The van der Waals surface area contributed by atoms with Crippen molar-refractivity contribution < 1.29 is 10.0 Å². The molecule has 0 unspecified atom stereocenters. The molecule has 19 heavy (non-hydrogen) atoms. The van der Waals surface area contributed by atoms with E-state index in [0.717, 1.165) is 5.06 Å². The lowest BCUT2D eigenvalue weighted by Gasteiger charge is -2.38. The molecule has 1 heterocycles. The van der Waals surface area contributed by atoms with E-state index in [-0.39, 0.29) is 5.91 Å². The number of amides is 1. The van der Waals surface area contributed by atoms with Crippen LogP contribution in [0.5, 0.6) is 0 Å². The third-order valence-electron chi connectivity index (χ3n) is 3.51. The number of hydroxylamine groups is 2. The van der Waals surface area contributed by atoms with Crippen LogP contribution in [0.3, 0.4) is 0 Å². The largest absolute Gasteiger partial charge is 0.334 e. The highest BCUT2D eigenvalue weighted by Gasteiger charge is 2.58. The molecule has 1 saturated heterocycles. The fourth-order valence-corrected chi connectivity index (χ4v) is 2.64. The Morgan fingerprint density at radius 1 is 1.00 bits per heavy atom. The van der Waals surface area contributed by atoms with Crippen LogP contribution in [0.2, 0.25) is 0 Å². The zero-order valence-corrected chi connectivity index (χ0v) is 11.3. The SMILES string of the molecule is C=CCC1(CC=C)NC(=O)C(CC=C)(CC=C)N1O. The van der Waals surface area contributed by atoms with Crippen LogP contribution < -0.4 is 5.32 Å². The van der Waals surface area contributed by atoms with Crippen molar-refractivity contribution in [3.8, 4) is 0 Å². The molecular formula is C15H22N2O2. The first kappa shape index (κ1) is 15.4. The summed E-state index contributed by atoms with van der Waals surface area (Å²) in [6, 6.07) is 0. The molecule has 0 bridgehead atoms. The van der Waals surface area contributed by atoms with Gasteiger partial charge < -0.3 is 10.5 Å². The summed E-state index contributed by atoms with van der Waals surface area (Å²) < 4.78 is 0. The monoisotopic (exact) mass is 262 g/mol. The predicted molar refractivity (Wildman–Crippen MR) is 76.5 cm³/mol. The number of hydrogen-bond acceptors (Lipinski definition) is 3. The van der Waals surface area contributed by atoms with Gasteiger partial charge in [-0.25, -0.2) is 0 Å². The van der Waals surface area contributed by atoms with Crippen LogP contribution in [0.15, 0.2) is 50.6 Å². The molecule has 1 fully saturated rings. The van der Waals surface area contributed by atoms with E-state index in [2.05, 4.69) is 31.6 Å². The minimum atomic E-state index is -1.05. The highest BCUT2D eigenvalue weighted by atomic mass is 16.5. The third-order valence-corrected chi connectivity index (χ3v) is 3.51. The molecule has 0 aliphatic carbocycles. The van der Waals surface area contributed by atoms with Crippen molar-refractivity contribution >= 4 is 5.91 Å². The van der Waals surface area contributed by atoms with E-state index >= 15 is 0 Å². The van der Waals surface area contributed by atoms with Crippen LogP contribution in [-0.4, -0.2) is 27.4 Å². The molecule has 0 aromatic carbocycles. The molecule has 1 amide bonds. The van der Waals surface area contributed by atoms with Crippen molar-refractivity contribution in [2.45, 2.75) is 36.9 Å². The fourth-order valence-electron chi connectivity index (χ4n) is 2.64. The van der Waals surface area contributed by atoms with Gasteiger partial charge in [-0.3, -0.25) is 4.79 Å². The van der Waals surface area contributed by atoms with E-state index in [4.69, 9.17) is 0 Å². The molecule has 4 heteroatoms. The van der Waals surface area contributed by atoms with E-state index < -0.39 is 11.2 Å². The average molecular weight is 262 g/mol. The minimum absolute atomic E-state index is 0.224. The maximum absolute atomic E-state index is 12.4. The van der Waals surface area contributed by atoms with Gasteiger partial charge in [0, 0.05) is 12.8 Å². The lowest BCUT2D eigenvalue weighted by Crippen LogP contribution is -2.54. The Kier molecular flexibility index (Phi) is 4.86. The summed E-state index contributed by atoms with van der Waals surface area (Å²) in [7, 11) is 0. The molecule has 0 saturated carbocycles. The van der Waals surface area contributed by atoms with Gasteiger partial charge >= 0.3 is 0 Å². The standard InChI is InChI=1S/C15H22N2O2/c1-5-9-14(10-6-2)13(18)16-15(11-7-3,12-8-4)17(14)19/h5-8,19H,1-4,9-12H2,(H,16,18). The highest BCUT2D eigenvalue weighted by molar-refractivity contribution is 5.89. The topological polar surface area (TPSA) is 52.6 Å². The summed E-state index contributed by atoms with van der Waals surface area (Å²) in [5, 5.41) is 14.6. The molecule has 4 nitrogen and oxygen atoms in total. The number of carbonyl (C=O) groups excluding carboxylic acids is 1. The van der Waals surface area contributed by atoms with Crippen molar-refractivity contribution in [2.24, 2.45) is 0 Å². The van der Waals surface area contributed by atoms with Crippen molar-refractivity contribution in [3.63, 3.8) is 0 Å². The molecule has 0 atom stereocenters.